The summed E-state index contributed by atoms with van der Waals surface area (Å²) < 4.78 is 10.8. The number of nitrogens with zero attached hydrogens (tertiary/aromatic N) is 3. The standard InChI is InChI=1S/C25H33N3O3/c1-30-22-8-9-23(24(16-22)31-2)25(29)19-6-5-13-28(17-19)21-10-14-27(15-11-21)18-20-7-3-4-12-26-20/h3-4,7-9,12,16,19,21H,5-6,10-11,13-15,17-18H2,1-2H3/t19-/m0/s1. The van der Waals surface area contributed by atoms with E-state index in [1.807, 2.05) is 24.4 Å². The zero-order chi connectivity index (χ0) is 21.6. The van der Waals surface area contributed by atoms with Crippen LogP contribution in [0.15, 0.2) is 42.6 Å². The topological polar surface area (TPSA) is 54.9 Å². The molecule has 0 spiro atoms. The second-order valence-corrected chi connectivity index (χ2v) is 8.59. The lowest BCUT2D eigenvalue weighted by atomic mass is 9.88. The molecule has 2 saturated heterocycles. The zero-order valence-corrected chi connectivity index (χ0v) is 18.6. The number of hydrogen-bond acceptors (Lipinski definition) is 6. The van der Waals surface area contributed by atoms with Crippen molar-refractivity contribution in [3.05, 3.63) is 53.9 Å². The summed E-state index contributed by atoms with van der Waals surface area (Å²) in [6.07, 6.45) is 6.19. The third-order valence-corrected chi connectivity index (χ3v) is 6.68. The van der Waals surface area contributed by atoms with Gasteiger partial charge in [0.1, 0.15) is 11.5 Å². The van der Waals surface area contributed by atoms with Gasteiger partial charge in [-0.25, -0.2) is 0 Å². The molecule has 6 heteroatoms. The summed E-state index contributed by atoms with van der Waals surface area (Å²) in [6, 6.07) is 12.2. The lowest BCUT2D eigenvalue weighted by molar-refractivity contribution is 0.0581. The van der Waals surface area contributed by atoms with Crippen molar-refractivity contribution in [2.45, 2.75) is 38.3 Å². The van der Waals surface area contributed by atoms with Gasteiger partial charge in [-0.15, -0.1) is 0 Å². The summed E-state index contributed by atoms with van der Waals surface area (Å²) in [7, 11) is 3.23. The molecule has 0 saturated carbocycles. The van der Waals surface area contributed by atoms with Crippen LogP contribution in [0.4, 0.5) is 0 Å². The molecule has 2 aliphatic rings. The Hall–Kier alpha value is -2.44. The molecule has 166 valence electrons. The molecule has 31 heavy (non-hydrogen) atoms. The molecule has 0 aliphatic carbocycles. The van der Waals surface area contributed by atoms with Crippen LogP contribution >= 0.6 is 0 Å². The predicted molar refractivity (Wildman–Crippen MR) is 121 cm³/mol. The van der Waals surface area contributed by atoms with Crippen molar-refractivity contribution in [1.82, 2.24) is 14.8 Å². The van der Waals surface area contributed by atoms with E-state index in [1.54, 1.807) is 20.3 Å². The van der Waals surface area contributed by atoms with Crippen LogP contribution in [0.1, 0.15) is 41.7 Å². The third kappa shape index (κ3) is 5.25. The molecule has 4 rings (SSSR count). The first-order chi connectivity index (χ1) is 15.2. The van der Waals surface area contributed by atoms with E-state index in [-0.39, 0.29) is 11.7 Å². The Balaban J connectivity index is 1.34. The Morgan fingerprint density at radius 3 is 2.61 bits per heavy atom. The van der Waals surface area contributed by atoms with Crippen molar-refractivity contribution in [3.63, 3.8) is 0 Å². The van der Waals surface area contributed by atoms with Gasteiger partial charge in [-0.2, -0.15) is 0 Å². The number of rotatable bonds is 7. The number of carbonyl (C=O) groups is 1. The Bertz CT molecular complexity index is 866. The van der Waals surface area contributed by atoms with Crippen molar-refractivity contribution in [2.75, 3.05) is 40.4 Å². The van der Waals surface area contributed by atoms with E-state index in [9.17, 15) is 4.79 Å². The Morgan fingerprint density at radius 2 is 1.90 bits per heavy atom. The minimum Gasteiger partial charge on any atom is -0.497 e. The fourth-order valence-corrected chi connectivity index (χ4v) is 4.94. The van der Waals surface area contributed by atoms with E-state index in [0.717, 1.165) is 64.1 Å². The van der Waals surface area contributed by atoms with Gasteiger partial charge >= 0.3 is 0 Å². The summed E-state index contributed by atoms with van der Waals surface area (Å²) in [5.74, 6) is 1.53. The Labute approximate surface area is 185 Å². The number of Topliss-reactive ketones (excluding diaryl/α,β-unsaturated/α-hetero) is 1. The van der Waals surface area contributed by atoms with E-state index in [2.05, 4.69) is 26.9 Å². The number of carbonyl (C=O) groups excluding carboxylic acids is 1. The zero-order valence-electron chi connectivity index (χ0n) is 18.6. The lowest BCUT2D eigenvalue weighted by Crippen LogP contribution is -2.49. The van der Waals surface area contributed by atoms with Gasteiger partial charge < -0.3 is 9.47 Å². The maximum atomic E-state index is 13.3. The van der Waals surface area contributed by atoms with Gasteiger partial charge in [0.25, 0.3) is 0 Å². The average molecular weight is 424 g/mol. The number of piperidine rings is 2. The number of hydrogen-bond donors (Lipinski definition) is 0. The highest BCUT2D eigenvalue weighted by Crippen LogP contribution is 2.31. The van der Waals surface area contributed by atoms with Gasteiger partial charge in [0.2, 0.25) is 0 Å². The molecule has 0 N–H and O–H groups in total. The van der Waals surface area contributed by atoms with Crippen LogP contribution < -0.4 is 9.47 Å². The van der Waals surface area contributed by atoms with Gasteiger partial charge in [0, 0.05) is 50.4 Å². The summed E-state index contributed by atoms with van der Waals surface area (Å²) in [6.45, 7) is 5.03. The van der Waals surface area contributed by atoms with Gasteiger partial charge in [0.15, 0.2) is 5.78 Å². The second kappa shape index (κ2) is 10.2. The summed E-state index contributed by atoms with van der Waals surface area (Å²) >= 11 is 0. The first-order valence-corrected chi connectivity index (χ1v) is 11.3. The molecule has 0 radical (unpaired) electrons. The number of methoxy groups -OCH3 is 2. The first kappa shape index (κ1) is 21.8. The fraction of sp³-hybridized carbons (Fsp3) is 0.520. The van der Waals surface area contributed by atoms with E-state index in [4.69, 9.17) is 9.47 Å². The van der Waals surface area contributed by atoms with Crippen LogP contribution in [0.25, 0.3) is 0 Å². The highest BCUT2D eigenvalue weighted by Gasteiger charge is 2.33. The minimum absolute atomic E-state index is 0.0302. The SMILES string of the molecule is COc1ccc(C(=O)[C@H]2CCCN(C3CCN(Cc4ccccn4)CC3)C2)c(OC)c1. The monoisotopic (exact) mass is 423 g/mol. The van der Waals surface area contributed by atoms with Crippen molar-refractivity contribution < 1.29 is 14.3 Å². The maximum Gasteiger partial charge on any atom is 0.170 e. The van der Waals surface area contributed by atoms with Crippen LogP contribution in [0, 0.1) is 5.92 Å². The number of ether oxygens (including phenoxy) is 2. The number of ketones is 1. The average Bonchev–Trinajstić information content (AvgIpc) is 2.84. The largest absolute Gasteiger partial charge is 0.497 e. The van der Waals surface area contributed by atoms with Crippen molar-refractivity contribution in [2.24, 2.45) is 5.92 Å². The van der Waals surface area contributed by atoms with Gasteiger partial charge in [-0.3, -0.25) is 19.6 Å². The van der Waals surface area contributed by atoms with Gasteiger partial charge in [0.05, 0.1) is 25.5 Å². The predicted octanol–water partition coefficient (Wildman–Crippen LogP) is 3.66. The van der Waals surface area contributed by atoms with Crippen molar-refractivity contribution in [1.29, 1.82) is 0 Å². The molecule has 0 bridgehead atoms. The van der Waals surface area contributed by atoms with Gasteiger partial charge in [-0.1, -0.05) is 6.07 Å². The maximum absolute atomic E-state index is 13.3. The van der Waals surface area contributed by atoms with Crippen LogP contribution in [0.2, 0.25) is 0 Å². The molecular formula is C25H33N3O3. The van der Waals surface area contributed by atoms with Crippen molar-refractivity contribution in [3.8, 4) is 11.5 Å². The highest BCUT2D eigenvalue weighted by atomic mass is 16.5. The molecule has 2 fully saturated rings. The minimum atomic E-state index is 0.0302. The molecule has 0 unspecified atom stereocenters. The Morgan fingerprint density at radius 1 is 1.06 bits per heavy atom. The molecule has 2 aromatic rings. The molecule has 3 heterocycles. The van der Waals surface area contributed by atoms with Crippen molar-refractivity contribution >= 4 is 5.78 Å². The molecule has 1 aromatic heterocycles. The second-order valence-electron chi connectivity index (χ2n) is 8.59. The molecule has 0 amide bonds. The number of benzene rings is 1. The van der Waals surface area contributed by atoms with Crippen LogP contribution in [0.3, 0.4) is 0 Å². The van der Waals surface area contributed by atoms with E-state index in [1.165, 1.54) is 0 Å². The number of aromatic nitrogens is 1. The summed E-state index contributed by atoms with van der Waals surface area (Å²) in [5.41, 5.74) is 1.80. The van der Waals surface area contributed by atoms with Crippen LogP contribution in [0.5, 0.6) is 11.5 Å². The van der Waals surface area contributed by atoms with Crippen LogP contribution in [-0.4, -0.2) is 67.0 Å². The smallest absolute Gasteiger partial charge is 0.170 e. The first-order valence-electron chi connectivity index (χ1n) is 11.3. The Kier molecular flexibility index (Phi) is 7.20. The molecule has 1 aromatic carbocycles. The molecule has 6 nitrogen and oxygen atoms in total. The van der Waals surface area contributed by atoms with E-state index in [0.29, 0.717) is 23.1 Å². The molecular weight excluding hydrogens is 390 g/mol. The number of likely N-dealkylation sites (tertiary alicyclic amines) is 2. The van der Waals surface area contributed by atoms with E-state index >= 15 is 0 Å². The van der Waals surface area contributed by atoms with Crippen LogP contribution in [-0.2, 0) is 6.54 Å². The van der Waals surface area contributed by atoms with E-state index < -0.39 is 0 Å². The summed E-state index contributed by atoms with van der Waals surface area (Å²) in [4.78, 5) is 22.8. The number of pyridine rings is 1. The lowest BCUT2D eigenvalue weighted by Gasteiger charge is -2.42. The normalized spacial score (nSPS) is 21.0. The fourth-order valence-electron chi connectivity index (χ4n) is 4.94. The highest BCUT2D eigenvalue weighted by molar-refractivity contribution is 6.00. The summed E-state index contributed by atoms with van der Waals surface area (Å²) in [5, 5.41) is 0. The van der Waals surface area contributed by atoms with Gasteiger partial charge in [-0.05, 0) is 56.5 Å². The third-order valence-electron chi connectivity index (χ3n) is 6.68. The quantitative estimate of drug-likeness (QED) is 0.634. The molecule has 2 aliphatic heterocycles. The molecule has 1 atom stereocenters.